The van der Waals surface area contributed by atoms with Gasteiger partial charge in [-0.2, -0.15) is 0 Å². The van der Waals surface area contributed by atoms with Gasteiger partial charge in [0.2, 0.25) is 0 Å². The minimum Gasteiger partial charge on any atom is -0.444 e. The smallest absolute Gasteiger partial charge is 0.410 e. The van der Waals surface area contributed by atoms with Crippen LogP contribution in [0.1, 0.15) is 50.4 Å². The van der Waals surface area contributed by atoms with E-state index in [2.05, 4.69) is 0 Å². The lowest BCUT2D eigenvalue weighted by Gasteiger charge is -2.36. The fraction of sp³-hybridized carbons (Fsp3) is 0.529. The molecule has 5 nitrogen and oxygen atoms in total. The summed E-state index contributed by atoms with van der Waals surface area (Å²) in [4.78, 5) is 26.7. The first-order valence-electron chi connectivity index (χ1n) is 7.68. The summed E-state index contributed by atoms with van der Waals surface area (Å²) in [5.41, 5.74) is 6.24. The van der Waals surface area contributed by atoms with Gasteiger partial charge in [-0.1, -0.05) is 12.1 Å². The van der Waals surface area contributed by atoms with Crippen LogP contribution in [0, 0.1) is 0 Å². The van der Waals surface area contributed by atoms with E-state index < -0.39 is 17.7 Å². The number of ketones is 1. The molecule has 5 heteroatoms. The molecule has 1 aliphatic rings. The Labute approximate surface area is 131 Å². The van der Waals surface area contributed by atoms with Gasteiger partial charge in [-0.05, 0) is 52.2 Å². The lowest BCUT2D eigenvalue weighted by atomic mass is 9.94. The number of carbonyl (C=O) groups is 2. The van der Waals surface area contributed by atoms with E-state index in [1.165, 1.54) is 0 Å². The number of rotatable bonds is 2. The Kier molecular flexibility index (Phi) is 4.74. The van der Waals surface area contributed by atoms with Crippen LogP contribution in [0.4, 0.5) is 10.5 Å². The first-order valence-corrected chi connectivity index (χ1v) is 7.68. The quantitative estimate of drug-likeness (QED) is 0.672. The van der Waals surface area contributed by atoms with Gasteiger partial charge >= 0.3 is 6.09 Å². The maximum absolute atomic E-state index is 12.8. The molecular weight excluding hydrogens is 280 g/mol. The molecule has 1 unspecified atom stereocenters. The minimum atomic E-state index is -0.575. The van der Waals surface area contributed by atoms with Gasteiger partial charge in [0.15, 0.2) is 5.78 Å². The Morgan fingerprint density at radius 3 is 2.55 bits per heavy atom. The largest absolute Gasteiger partial charge is 0.444 e. The number of nitrogen functional groups attached to an aromatic ring is 1. The number of para-hydroxylation sites is 1. The number of hydrogen-bond acceptors (Lipinski definition) is 4. The van der Waals surface area contributed by atoms with Gasteiger partial charge in [0.25, 0.3) is 0 Å². The van der Waals surface area contributed by atoms with Crippen molar-refractivity contribution in [1.82, 2.24) is 4.90 Å². The van der Waals surface area contributed by atoms with Crippen molar-refractivity contribution >= 4 is 17.6 Å². The molecule has 22 heavy (non-hydrogen) atoms. The van der Waals surface area contributed by atoms with Gasteiger partial charge in [-0.3, -0.25) is 9.69 Å². The van der Waals surface area contributed by atoms with Crippen LogP contribution >= 0.6 is 0 Å². The standard InChI is InChI=1S/C17H24N2O3/c1-17(2,3)22-16(21)19-11-7-6-10-14(19)15(20)12-8-4-5-9-13(12)18/h4-5,8-9,14H,6-7,10-11,18H2,1-3H3. The van der Waals surface area contributed by atoms with Crippen molar-refractivity contribution in [3.8, 4) is 0 Å². The average Bonchev–Trinajstić information content (AvgIpc) is 2.45. The number of likely N-dealkylation sites (tertiary alicyclic amines) is 1. The number of Topliss-reactive ketones (excluding diaryl/α,β-unsaturated/α-hetero) is 1. The summed E-state index contributed by atoms with van der Waals surface area (Å²) in [5.74, 6) is -0.108. The number of nitrogens with two attached hydrogens (primary N) is 1. The molecule has 1 aromatic carbocycles. The van der Waals surface area contributed by atoms with E-state index in [-0.39, 0.29) is 5.78 Å². The van der Waals surface area contributed by atoms with Gasteiger partial charge in [0.05, 0.1) is 6.04 Å². The van der Waals surface area contributed by atoms with E-state index in [9.17, 15) is 9.59 Å². The van der Waals surface area contributed by atoms with E-state index in [1.54, 1.807) is 29.2 Å². The highest BCUT2D eigenvalue weighted by Crippen LogP contribution is 2.25. The molecule has 0 spiro atoms. The van der Waals surface area contributed by atoms with Crippen molar-refractivity contribution in [2.45, 2.75) is 51.7 Å². The first kappa shape index (κ1) is 16.3. The molecule has 1 fully saturated rings. The molecule has 2 N–H and O–H groups in total. The second-order valence-electron chi connectivity index (χ2n) is 6.64. The monoisotopic (exact) mass is 304 g/mol. The van der Waals surface area contributed by atoms with Crippen molar-refractivity contribution < 1.29 is 14.3 Å². The van der Waals surface area contributed by atoms with E-state index in [1.807, 2.05) is 20.8 Å². The molecule has 1 aliphatic heterocycles. The lowest BCUT2D eigenvalue weighted by Crippen LogP contribution is -2.49. The van der Waals surface area contributed by atoms with Crippen LogP contribution in [0.5, 0.6) is 0 Å². The predicted molar refractivity (Wildman–Crippen MR) is 85.8 cm³/mol. The zero-order valence-corrected chi connectivity index (χ0v) is 13.5. The maximum Gasteiger partial charge on any atom is 0.410 e. The van der Waals surface area contributed by atoms with E-state index >= 15 is 0 Å². The molecule has 0 aromatic heterocycles. The summed E-state index contributed by atoms with van der Waals surface area (Å²) in [6.07, 6.45) is 2.02. The molecule has 120 valence electrons. The van der Waals surface area contributed by atoms with Crippen LogP contribution in [0.3, 0.4) is 0 Å². The molecule has 0 radical (unpaired) electrons. The van der Waals surface area contributed by atoms with Crippen LogP contribution in [-0.2, 0) is 4.74 Å². The van der Waals surface area contributed by atoms with Gasteiger partial charge < -0.3 is 10.5 Å². The SMILES string of the molecule is CC(C)(C)OC(=O)N1CCCCC1C(=O)c1ccccc1N. The molecule has 2 rings (SSSR count). The number of carbonyl (C=O) groups excluding carboxylic acids is 2. The Balaban J connectivity index is 2.21. The third-order valence-corrected chi connectivity index (χ3v) is 3.66. The fourth-order valence-electron chi connectivity index (χ4n) is 2.64. The second kappa shape index (κ2) is 6.38. The molecule has 1 atom stereocenters. The van der Waals surface area contributed by atoms with Gasteiger partial charge in [0, 0.05) is 17.8 Å². The summed E-state index contributed by atoms with van der Waals surface area (Å²) in [6.45, 7) is 6.00. The summed E-state index contributed by atoms with van der Waals surface area (Å²) < 4.78 is 5.43. The fourth-order valence-corrected chi connectivity index (χ4v) is 2.64. The number of nitrogens with zero attached hydrogens (tertiary/aromatic N) is 1. The Morgan fingerprint density at radius 2 is 1.91 bits per heavy atom. The Morgan fingerprint density at radius 1 is 1.23 bits per heavy atom. The zero-order valence-electron chi connectivity index (χ0n) is 13.5. The molecular formula is C17H24N2O3. The Hall–Kier alpha value is -2.04. The van der Waals surface area contributed by atoms with E-state index in [0.717, 1.165) is 12.8 Å². The van der Waals surface area contributed by atoms with Crippen LogP contribution in [0.25, 0.3) is 0 Å². The Bertz CT molecular complexity index is 563. The number of anilines is 1. The molecule has 1 saturated heterocycles. The summed E-state index contributed by atoms with van der Waals surface area (Å²) in [5, 5.41) is 0. The normalized spacial score (nSPS) is 18.9. The predicted octanol–water partition coefficient (Wildman–Crippen LogP) is 3.24. The molecule has 1 aromatic rings. The van der Waals surface area contributed by atoms with E-state index in [4.69, 9.17) is 10.5 Å². The van der Waals surface area contributed by atoms with Gasteiger partial charge in [-0.25, -0.2) is 4.79 Å². The molecule has 0 bridgehead atoms. The van der Waals surface area contributed by atoms with Crippen LogP contribution in [0.2, 0.25) is 0 Å². The van der Waals surface area contributed by atoms with Crippen molar-refractivity contribution in [3.63, 3.8) is 0 Å². The highest BCUT2D eigenvalue weighted by molar-refractivity contribution is 6.05. The number of amides is 1. The van der Waals surface area contributed by atoms with Gasteiger partial charge in [-0.15, -0.1) is 0 Å². The van der Waals surface area contributed by atoms with Crippen molar-refractivity contribution in [1.29, 1.82) is 0 Å². The van der Waals surface area contributed by atoms with Crippen LogP contribution in [-0.4, -0.2) is 35.0 Å². The van der Waals surface area contributed by atoms with Crippen molar-refractivity contribution in [2.24, 2.45) is 0 Å². The first-order chi connectivity index (χ1) is 10.3. The third kappa shape index (κ3) is 3.78. The van der Waals surface area contributed by atoms with Crippen LogP contribution in [0.15, 0.2) is 24.3 Å². The topological polar surface area (TPSA) is 72.6 Å². The summed E-state index contributed by atoms with van der Waals surface area (Å²) in [6, 6.07) is 6.49. The summed E-state index contributed by atoms with van der Waals surface area (Å²) in [7, 11) is 0. The molecule has 0 aliphatic carbocycles. The highest BCUT2D eigenvalue weighted by atomic mass is 16.6. The second-order valence-corrected chi connectivity index (χ2v) is 6.64. The van der Waals surface area contributed by atoms with Crippen LogP contribution < -0.4 is 5.73 Å². The van der Waals surface area contributed by atoms with Crippen molar-refractivity contribution in [3.05, 3.63) is 29.8 Å². The zero-order chi connectivity index (χ0) is 16.3. The molecule has 1 amide bonds. The van der Waals surface area contributed by atoms with Crippen molar-refractivity contribution in [2.75, 3.05) is 12.3 Å². The number of hydrogen-bond donors (Lipinski definition) is 1. The number of benzene rings is 1. The number of ether oxygens (including phenoxy) is 1. The average molecular weight is 304 g/mol. The lowest BCUT2D eigenvalue weighted by molar-refractivity contribution is 0.0105. The molecule has 1 heterocycles. The minimum absolute atomic E-state index is 0.108. The highest BCUT2D eigenvalue weighted by Gasteiger charge is 2.35. The van der Waals surface area contributed by atoms with E-state index in [0.29, 0.717) is 24.2 Å². The third-order valence-electron chi connectivity index (χ3n) is 3.66. The maximum atomic E-state index is 12.8. The molecule has 0 saturated carbocycles. The summed E-state index contributed by atoms with van der Waals surface area (Å²) >= 11 is 0. The van der Waals surface area contributed by atoms with Gasteiger partial charge in [0.1, 0.15) is 5.60 Å². The number of piperidine rings is 1.